The normalized spacial score (nSPS) is 9.46. The van der Waals surface area contributed by atoms with Crippen molar-refractivity contribution >= 4 is 23.3 Å². The van der Waals surface area contributed by atoms with Crippen LogP contribution in [0.25, 0.3) is 0 Å². The Balaban J connectivity index is 2.79. The van der Waals surface area contributed by atoms with E-state index >= 15 is 0 Å². The zero-order chi connectivity index (χ0) is 9.84. The van der Waals surface area contributed by atoms with Crippen LogP contribution in [-0.2, 0) is 0 Å². The van der Waals surface area contributed by atoms with Crippen molar-refractivity contribution in [3.63, 3.8) is 0 Å². The highest BCUT2D eigenvalue weighted by atomic mass is 35.5. The molecule has 0 aliphatic heterocycles. The summed E-state index contributed by atoms with van der Waals surface area (Å²) in [6.07, 6.45) is 0. The quantitative estimate of drug-likeness (QED) is 0.721. The zero-order valence-electron chi connectivity index (χ0n) is 6.90. The SMILES string of the molecule is CNC(=O)Nc1ccc(F)c(Cl)c1. The third-order valence-electron chi connectivity index (χ3n) is 1.40. The third kappa shape index (κ3) is 2.59. The van der Waals surface area contributed by atoms with E-state index in [4.69, 9.17) is 11.6 Å². The van der Waals surface area contributed by atoms with Crippen molar-refractivity contribution in [2.24, 2.45) is 0 Å². The fraction of sp³-hybridized carbons (Fsp3) is 0.125. The summed E-state index contributed by atoms with van der Waals surface area (Å²) in [6, 6.07) is 3.58. The van der Waals surface area contributed by atoms with Crippen LogP contribution in [-0.4, -0.2) is 13.1 Å². The predicted molar refractivity (Wildman–Crippen MR) is 49.5 cm³/mol. The molecule has 0 unspecified atom stereocenters. The molecule has 5 heteroatoms. The summed E-state index contributed by atoms with van der Waals surface area (Å²) in [7, 11) is 1.49. The van der Waals surface area contributed by atoms with Crippen LogP contribution in [0.3, 0.4) is 0 Å². The van der Waals surface area contributed by atoms with Gasteiger partial charge in [0.15, 0.2) is 0 Å². The largest absolute Gasteiger partial charge is 0.341 e. The number of carbonyl (C=O) groups is 1. The van der Waals surface area contributed by atoms with E-state index in [1.807, 2.05) is 0 Å². The van der Waals surface area contributed by atoms with Gasteiger partial charge >= 0.3 is 6.03 Å². The van der Waals surface area contributed by atoms with Crippen molar-refractivity contribution < 1.29 is 9.18 Å². The Hall–Kier alpha value is -1.29. The van der Waals surface area contributed by atoms with E-state index in [1.165, 1.54) is 25.2 Å². The topological polar surface area (TPSA) is 41.1 Å². The Bertz CT molecular complexity index is 330. The predicted octanol–water partition coefficient (Wildman–Crippen LogP) is 2.23. The van der Waals surface area contributed by atoms with E-state index in [9.17, 15) is 9.18 Å². The average molecular weight is 203 g/mol. The molecule has 13 heavy (non-hydrogen) atoms. The number of urea groups is 1. The second kappa shape index (κ2) is 4.09. The highest BCUT2D eigenvalue weighted by Crippen LogP contribution is 2.18. The van der Waals surface area contributed by atoms with Gasteiger partial charge < -0.3 is 10.6 Å². The highest BCUT2D eigenvalue weighted by Gasteiger charge is 2.02. The Morgan fingerprint density at radius 1 is 1.54 bits per heavy atom. The van der Waals surface area contributed by atoms with Crippen LogP contribution in [0.15, 0.2) is 18.2 Å². The third-order valence-corrected chi connectivity index (χ3v) is 1.69. The summed E-state index contributed by atoms with van der Waals surface area (Å²) in [5.41, 5.74) is 0.450. The average Bonchev–Trinajstić information content (AvgIpc) is 2.11. The van der Waals surface area contributed by atoms with Gasteiger partial charge in [0.1, 0.15) is 5.82 Å². The van der Waals surface area contributed by atoms with E-state index in [-0.39, 0.29) is 11.1 Å². The Morgan fingerprint density at radius 3 is 2.77 bits per heavy atom. The first kappa shape index (κ1) is 9.80. The summed E-state index contributed by atoms with van der Waals surface area (Å²) in [5, 5.41) is 4.80. The van der Waals surface area contributed by atoms with Crippen molar-refractivity contribution in [2.75, 3.05) is 12.4 Å². The number of nitrogens with one attached hydrogen (secondary N) is 2. The number of hydrogen-bond acceptors (Lipinski definition) is 1. The lowest BCUT2D eigenvalue weighted by molar-refractivity contribution is 0.254. The van der Waals surface area contributed by atoms with E-state index in [0.29, 0.717) is 5.69 Å². The summed E-state index contributed by atoms with van der Waals surface area (Å²) in [4.78, 5) is 10.8. The first-order valence-electron chi connectivity index (χ1n) is 3.57. The van der Waals surface area contributed by atoms with Crippen LogP contribution in [0.5, 0.6) is 0 Å². The summed E-state index contributed by atoms with van der Waals surface area (Å²) in [6.45, 7) is 0. The lowest BCUT2D eigenvalue weighted by Crippen LogP contribution is -2.24. The molecule has 70 valence electrons. The molecule has 0 heterocycles. The molecule has 2 N–H and O–H groups in total. The van der Waals surface area contributed by atoms with Gasteiger partial charge in [-0.15, -0.1) is 0 Å². The standard InChI is InChI=1S/C8H8ClFN2O/c1-11-8(13)12-5-2-3-7(10)6(9)4-5/h2-4H,1H3,(H2,11,12,13). The molecule has 0 saturated carbocycles. The van der Waals surface area contributed by atoms with Gasteiger partial charge in [0.25, 0.3) is 0 Å². The van der Waals surface area contributed by atoms with Gasteiger partial charge in [-0.05, 0) is 18.2 Å². The molecule has 0 aromatic heterocycles. The van der Waals surface area contributed by atoms with Gasteiger partial charge in [0.2, 0.25) is 0 Å². The lowest BCUT2D eigenvalue weighted by atomic mass is 10.3. The first-order chi connectivity index (χ1) is 6.13. The molecule has 0 bridgehead atoms. The molecule has 0 saturated heterocycles. The Labute approximate surface area is 79.9 Å². The second-order valence-corrected chi connectivity index (χ2v) is 2.74. The van der Waals surface area contributed by atoms with Crippen molar-refractivity contribution in [1.29, 1.82) is 0 Å². The van der Waals surface area contributed by atoms with Crippen LogP contribution in [0.2, 0.25) is 5.02 Å². The number of carbonyl (C=O) groups excluding carboxylic acids is 1. The number of rotatable bonds is 1. The molecule has 0 spiro atoms. The van der Waals surface area contributed by atoms with Crippen molar-refractivity contribution in [3.05, 3.63) is 29.0 Å². The molecule has 0 radical (unpaired) electrons. The van der Waals surface area contributed by atoms with Crippen molar-refractivity contribution in [1.82, 2.24) is 5.32 Å². The second-order valence-electron chi connectivity index (χ2n) is 2.33. The smallest absolute Gasteiger partial charge is 0.318 e. The number of anilines is 1. The van der Waals surface area contributed by atoms with Crippen LogP contribution < -0.4 is 10.6 Å². The maximum absolute atomic E-state index is 12.7. The number of benzene rings is 1. The minimum absolute atomic E-state index is 0.0195. The number of hydrogen-bond donors (Lipinski definition) is 2. The van der Waals surface area contributed by atoms with Crippen molar-refractivity contribution in [2.45, 2.75) is 0 Å². The fourth-order valence-electron chi connectivity index (χ4n) is 0.767. The van der Waals surface area contributed by atoms with Gasteiger partial charge in [-0.2, -0.15) is 0 Å². The summed E-state index contributed by atoms with van der Waals surface area (Å²) < 4.78 is 12.7. The Morgan fingerprint density at radius 2 is 2.23 bits per heavy atom. The van der Waals surface area contributed by atoms with Gasteiger partial charge in [-0.25, -0.2) is 9.18 Å². The minimum Gasteiger partial charge on any atom is -0.341 e. The van der Waals surface area contributed by atoms with Gasteiger partial charge in [-0.1, -0.05) is 11.6 Å². The highest BCUT2D eigenvalue weighted by molar-refractivity contribution is 6.31. The van der Waals surface area contributed by atoms with E-state index in [1.54, 1.807) is 0 Å². The molecule has 1 aromatic rings. The van der Waals surface area contributed by atoms with Crippen LogP contribution in [0.4, 0.5) is 14.9 Å². The molecule has 1 aromatic carbocycles. The molecular formula is C8H8ClFN2O. The Kier molecular flexibility index (Phi) is 3.08. The monoisotopic (exact) mass is 202 g/mol. The van der Waals surface area contributed by atoms with Crippen LogP contribution in [0, 0.1) is 5.82 Å². The molecule has 3 nitrogen and oxygen atoms in total. The maximum atomic E-state index is 12.7. The fourth-order valence-corrected chi connectivity index (χ4v) is 0.948. The molecule has 0 atom stereocenters. The summed E-state index contributed by atoms with van der Waals surface area (Å²) >= 11 is 5.49. The molecule has 2 amide bonds. The molecule has 0 aliphatic rings. The van der Waals surface area contributed by atoms with Crippen LogP contribution >= 0.6 is 11.6 Å². The molecular weight excluding hydrogens is 195 g/mol. The van der Waals surface area contributed by atoms with E-state index in [0.717, 1.165) is 0 Å². The lowest BCUT2D eigenvalue weighted by Gasteiger charge is -2.04. The van der Waals surface area contributed by atoms with Crippen LogP contribution in [0.1, 0.15) is 0 Å². The zero-order valence-corrected chi connectivity index (χ0v) is 7.65. The van der Waals surface area contributed by atoms with E-state index in [2.05, 4.69) is 10.6 Å². The van der Waals surface area contributed by atoms with Crippen molar-refractivity contribution in [3.8, 4) is 0 Å². The van der Waals surface area contributed by atoms with Gasteiger partial charge in [0.05, 0.1) is 5.02 Å². The maximum Gasteiger partial charge on any atom is 0.318 e. The molecule has 0 fully saturated rings. The molecule has 0 aliphatic carbocycles. The first-order valence-corrected chi connectivity index (χ1v) is 3.95. The van der Waals surface area contributed by atoms with Gasteiger partial charge in [-0.3, -0.25) is 0 Å². The number of halogens is 2. The molecule has 1 rings (SSSR count). The minimum atomic E-state index is -0.510. The van der Waals surface area contributed by atoms with E-state index < -0.39 is 5.82 Å². The number of amides is 2. The summed E-state index contributed by atoms with van der Waals surface area (Å²) in [5.74, 6) is -0.510. The van der Waals surface area contributed by atoms with Gasteiger partial charge in [0, 0.05) is 12.7 Å².